The molecule has 5 nitrogen and oxygen atoms in total. The number of halogens is 1. The number of amidine groups is 1. The third-order valence-electron chi connectivity index (χ3n) is 4.21. The highest BCUT2D eigenvalue weighted by Gasteiger charge is 2.25. The molecule has 1 aliphatic rings. The van der Waals surface area contributed by atoms with Crippen molar-refractivity contribution in [3.63, 3.8) is 0 Å². The zero-order valence-electron chi connectivity index (χ0n) is 15.4. The molecular weight excluding hydrogens is 384 g/mol. The van der Waals surface area contributed by atoms with Crippen LogP contribution in [0.1, 0.15) is 16.7 Å². The van der Waals surface area contributed by atoms with E-state index < -0.39 is 0 Å². The minimum atomic E-state index is -0.200. The number of hydrogen-bond donors (Lipinski definition) is 1. The molecule has 1 fully saturated rings. The SMILES string of the molecule is COc1ccc(/C=C2/SC(=Nc3cccc(Cl)c3C)NC2=O)c(OC)c1C. The number of ether oxygens (including phenoxy) is 2. The number of hydrogen-bond acceptors (Lipinski definition) is 5. The normalized spacial score (nSPS) is 16.7. The number of carbonyl (C=O) groups is 1. The van der Waals surface area contributed by atoms with Gasteiger partial charge in [0, 0.05) is 16.1 Å². The summed E-state index contributed by atoms with van der Waals surface area (Å²) in [6.45, 7) is 3.81. The maximum Gasteiger partial charge on any atom is 0.264 e. The van der Waals surface area contributed by atoms with Crippen molar-refractivity contribution in [2.24, 2.45) is 4.99 Å². The Bertz CT molecular complexity index is 970. The maximum atomic E-state index is 12.4. The predicted octanol–water partition coefficient (Wildman–Crippen LogP) is 4.87. The average Bonchev–Trinajstić information content (AvgIpc) is 2.98. The Morgan fingerprint density at radius 2 is 1.89 bits per heavy atom. The molecule has 140 valence electrons. The Morgan fingerprint density at radius 1 is 1.11 bits per heavy atom. The molecule has 0 aliphatic carbocycles. The quantitative estimate of drug-likeness (QED) is 0.741. The van der Waals surface area contributed by atoms with Crippen LogP contribution in [0, 0.1) is 13.8 Å². The lowest BCUT2D eigenvalue weighted by Gasteiger charge is -2.12. The minimum absolute atomic E-state index is 0.200. The van der Waals surface area contributed by atoms with Crippen molar-refractivity contribution in [3.8, 4) is 11.5 Å². The molecule has 3 rings (SSSR count). The van der Waals surface area contributed by atoms with Crippen molar-refractivity contribution < 1.29 is 14.3 Å². The number of carbonyl (C=O) groups excluding carboxylic acids is 1. The number of benzene rings is 2. The first-order valence-corrected chi connectivity index (χ1v) is 9.40. The van der Waals surface area contributed by atoms with Gasteiger partial charge in [0.05, 0.1) is 24.8 Å². The predicted molar refractivity (Wildman–Crippen MR) is 111 cm³/mol. The van der Waals surface area contributed by atoms with E-state index in [1.807, 2.05) is 44.2 Å². The van der Waals surface area contributed by atoms with E-state index in [1.165, 1.54) is 11.8 Å². The molecule has 27 heavy (non-hydrogen) atoms. The summed E-state index contributed by atoms with van der Waals surface area (Å²) < 4.78 is 10.8. The summed E-state index contributed by atoms with van der Waals surface area (Å²) in [5.74, 6) is 1.21. The number of amides is 1. The van der Waals surface area contributed by atoms with Crippen molar-refractivity contribution in [2.45, 2.75) is 13.8 Å². The Kier molecular flexibility index (Phi) is 5.77. The molecule has 1 heterocycles. The van der Waals surface area contributed by atoms with E-state index in [4.69, 9.17) is 21.1 Å². The van der Waals surface area contributed by atoms with Crippen LogP contribution in [0.2, 0.25) is 5.02 Å². The standard InChI is InChI=1S/C20H19ClN2O3S/c1-11-14(21)6-5-7-15(11)22-20-23-19(24)17(27-20)10-13-8-9-16(25-3)12(2)18(13)26-4/h5-10H,1-4H3,(H,22,23,24)/b17-10+. The molecule has 1 N–H and O–H groups in total. The van der Waals surface area contributed by atoms with Crippen LogP contribution in [-0.4, -0.2) is 25.3 Å². The van der Waals surface area contributed by atoms with Gasteiger partial charge < -0.3 is 14.8 Å². The van der Waals surface area contributed by atoms with Crippen LogP contribution < -0.4 is 14.8 Å². The summed E-state index contributed by atoms with van der Waals surface area (Å²) in [5.41, 5.74) is 3.27. The number of aliphatic imine (C=N–C) groups is 1. The van der Waals surface area contributed by atoms with Gasteiger partial charge in [-0.15, -0.1) is 0 Å². The van der Waals surface area contributed by atoms with Crippen LogP contribution in [0.5, 0.6) is 11.5 Å². The van der Waals surface area contributed by atoms with Crippen LogP contribution in [0.4, 0.5) is 5.69 Å². The lowest BCUT2D eigenvalue weighted by molar-refractivity contribution is -0.115. The fraction of sp³-hybridized carbons (Fsp3) is 0.200. The van der Waals surface area contributed by atoms with E-state index >= 15 is 0 Å². The van der Waals surface area contributed by atoms with Crippen molar-refractivity contribution in [1.29, 1.82) is 0 Å². The molecule has 0 atom stereocenters. The summed E-state index contributed by atoms with van der Waals surface area (Å²) in [7, 11) is 3.21. The first-order chi connectivity index (χ1) is 12.9. The maximum absolute atomic E-state index is 12.4. The van der Waals surface area contributed by atoms with E-state index in [9.17, 15) is 4.79 Å². The topological polar surface area (TPSA) is 59.9 Å². The number of thioether (sulfide) groups is 1. The summed E-state index contributed by atoms with van der Waals surface area (Å²) in [5, 5.41) is 3.95. The second-order valence-electron chi connectivity index (χ2n) is 5.88. The molecule has 7 heteroatoms. The average molecular weight is 403 g/mol. The van der Waals surface area contributed by atoms with E-state index in [0.717, 1.165) is 28.1 Å². The molecule has 0 saturated carbocycles. The van der Waals surface area contributed by atoms with Crippen molar-refractivity contribution in [2.75, 3.05) is 14.2 Å². The largest absolute Gasteiger partial charge is 0.496 e. The van der Waals surface area contributed by atoms with Crippen molar-refractivity contribution in [3.05, 3.63) is 56.9 Å². The van der Waals surface area contributed by atoms with Gasteiger partial charge in [-0.2, -0.15) is 0 Å². The molecule has 0 radical (unpaired) electrons. The molecule has 2 aromatic rings. The molecule has 0 bridgehead atoms. The van der Waals surface area contributed by atoms with Crippen LogP contribution in [-0.2, 0) is 4.79 Å². The zero-order chi connectivity index (χ0) is 19.6. The molecule has 1 aliphatic heterocycles. The smallest absolute Gasteiger partial charge is 0.264 e. The minimum Gasteiger partial charge on any atom is -0.496 e. The Labute approximate surface area is 167 Å². The van der Waals surface area contributed by atoms with Gasteiger partial charge in [-0.1, -0.05) is 17.7 Å². The van der Waals surface area contributed by atoms with E-state index in [2.05, 4.69) is 10.3 Å². The summed E-state index contributed by atoms with van der Waals surface area (Å²) in [6, 6.07) is 9.22. The van der Waals surface area contributed by atoms with Crippen LogP contribution in [0.25, 0.3) is 6.08 Å². The zero-order valence-corrected chi connectivity index (χ0v) is 17.0. The van der Waals surface area contributed by atoms with E-state index in [1.54, 1.807) is 20.3 Å². The summed E-state index contributed by atoms with van der Waals surface area (Å²) in [4.78, 5) is 17.4. The van der Waals surface area contributed by atoms with Gasteiger partial charge in [0.1, 0.15) is 11.5 Å². The van der Waals surface area contributed by atoms with Crippen molar-refractivity contribution >= 4 is 46.2 Å². The highest BCUT2D eigenvalue weighted by molar-refractivity contribution is 8.18. The third-order valence-corrected chi connectivity index (χ3v) is 5.53. The van der Waals surface area contributed by atoms with E-state index in [0.29, 0.717) is 20.8 Å². The second-order valence-corrected chi connectivity index (χ2v) is 7.32. The van der Waals surface area contributed by atoms with Crippen LogP contribution in [0.15, 0.2) is 40.2 Å². The van der Waals surface area contributed by atoms with E-state index in [-0.39, 0.29) is 5.91 Å². The molecule has 2 aromatic carbocycles. The van der Waals surface area contributed by atoms with Gasteiger partial charge in [-0.05, 0) is 61.5 Å². The molecular formula is C20H19ClN2O3S. The molecule has 0 aromatic heterocycles. The van der Waals surface area contributed by atoms with Crippen LogP contribution >= 0.6 is 23.4 Å². The first kappa shape index (κ1) is 19.3. The fourth-order valence-corrected chi connectivity index (χ4v) is 3.74. The first-order valence-electron chi connectivity index (χ1n) is 8.21. The molecule has 0 spiro atoms. The number of nitrogens with one attached hydrogen (secondary N) is 1. The summed E-state index contributed by atoms with van der Waals surface area (Å²) >= 11 is 7.42. The van der Waals surface area contributed by atoms with Crippen LogP contribution in [0.3, 0.4) is 0 Å². The summed E-state index contributed by atoms with van der Waals surface area (Å²) in [6.07, 6.45) is 1.79. The fourth-order valence-electron chi connectivity index (χ4n) is 2.75. The Balaban J connectivity index is 1.93. The Morgan fingerprint density at radius 3 is 2.59 bits per heavy atom. The molecule has 0 unspecified atom stereocenters. The van der Waals surface area contributed by atoms with Gasteiger partial charge in [0.25, 0.3) is 5.91 Å². The Hall–Kier alpha value is -2.44. The number of rotatable bonds is 4. The van der Waals surface area contributed by atoms with Gasteiger partial charge >= 0.3 is 0 Å². The molecule has 1 saturated heterocycles. The second kappa shape index (κ2) is 8.06. The highest BCUT2D eigenvalue weighted by atomic mass is 35.5. The number of nitrogens with zero attached hydrogens (tertiary/aromatic N) is 1. The lowest BCUT2D eigenvalue weighted by Crippen LogP contribution is -2.19. The van der Waals surface area contributed by atoms with Gasteiger partial charge in [0.2, 0.25) is 0 Å². The van der Waals surface area contributed by atoms with Gasteiger partial charge in [-0.25, -0.2) is 4.99 Å². The lowest BCUT2D eigenvalue weighted by atomic mass is 10.1. The molecule has 1 amide bonds. The highest BCUT2D eigenvalue weighted by Crippen LogP contribution is 2.36. The monoisotopic (exact) mass is 402 g/mol. The van der Waals surface area contributed by atoms with Crippen molar-refractivity contribution in [1.82, 2.24) is 5.32 Å². The number of methoxy groups -OCH3 is 2. The van der Waals surface area contributed by atoms with Gasteiger partial charge in [-0.3, -0.25) is 4.79 Å². The third kappa shape index (κ3) is 3.96. The van der Waals surface area contributed by atoms with Gasteiger partial charge in [0.15, 0.2) is 5.17 Å².